The SMILES string of the molecule is CC1CN(C(=O)c2cc(=O)[nH]n2C)CCN1c1nccn2cnnc12. The van der Waals surface area contributed by atoms with Gasteiger partial charge < -0.3 is 9.80 Å². The summed E-state index contributed by atoms with van der Waals surface area (Å²) in [5.41, 5.74) is 0.783. The summed E-state index contributed by atoms with van der Waals surface area (Å²) in [6.07, 6.45) is 5.15. The van der Waals surface area contributed by atoms with Crippen molar-refractivity contribution in [2.24, 2.45) is 7.05 Å². The molecular formula is C15H18N8O2. The van der Waals surface area contributed by atoms with Crippen LogP contribution in [0, 0.1) is 0 Å². The van der Waals surface area contributed by atoms with E-state index in [1.807, 2.05) is 11.3 Å². The second-order valence-electron chi connectivity index (χ2n) is 6.17. The molecule has 25 heavy (non-hydrogen) atoms. The minimum atomic E-state index is -0.278. The summed E-state index contributed by atoms with van der Waals surface area (Å²) in [5.74, 6) is 0.606. The second kappa shape index (κ2) is 5.72. The van der Waals surface area contributed by atoms with Gasteiger partial charge in [0.05, 0.1) is 0 Å². The molecule has 4 rings (SSSR count). The number of aromatic amines is 1. The van der Waals surface area contributed by atoms with Gasteiger partial charge in [0.15, 0.2) is 5.82 Å². The molecule has 3 aromatic rings. The van der Waals surface area contributed by atoms with E-state index in [1.165, 1.54) is 10.7 Å². The summed E-state index contributed by atoms with van der Waals surface area (Å²) in [6, 6.07) is 1.39. The minimum absolute atomic E-state index is 0.0593. The zero-order chi connectivity index (χ0) is 17.6. The van der Waals surface area contributed by atoms with Crippen molar-refractivity contribution in [1.82, 2.24) is 34.3 Å². The summed E-state index contributed by atoms with van der Waals surface area (Å²) >= 11 is 0. The highest BCUT2D eigenvalue weighted by molar-refractivity contribution is 5.92. The largest absolute Gasteiger partial charge is 0.347 e. The molecule has 130 valence electrons. The van der Waals surface area contributed by atoms with E-state index in [2.05, 4.69) is 25.2 Å². The number of hydrogen-bond donors (Lipinski definition) is 1. The highest BCUT2D eigenvalue weighted by Gasteiger charge is 2.30. The first-order chi connectivity index (χ1) is 12.0. The normalized spacial score (nSPS) is 18.1. The number of carbonyl (C=O) groups is 1. The van der Waals surface area contributed by atoms with Gasteiger partial charge in [-0.05, 0) is 6.92 Å². The number of rotatable bonds is 2. The van der Waals surface area contributed by atoms with E-state index in [0.717, 1.165) is 5.82 Å². The first-order valence-corrected chi connectivity index (χ1v) is 8.01. The van der Waals surface area contributed by atoms with Crippen LogP contribution in [0.4, 0.5) is 5.82 Å². The minimum Gasteiger partial charge on any atom is -0.347 e. The number of aryl methyl sites for hydroxylation is 1. The van der Waals surface area contributed by atoms with Crippen molar-refractivity contribution >= 4 is 17.4 Å². The van der Waals surface area contributed by atoms with Crippen molar-refractivity contribution in [1.29, 1.82) is 0 Å². The van der Waals surface area contributed by atoms with E-state index in [4.69, 9.17) is 0 Å². The average molecular weight is 342 g/mol. The van der Waals surface area contributed by atoms with Crippen LogP contribution in [-0.4, -0.2) is 65.8 Å². The summed E-state index contributed by atoms with van der Waals surface area (Å²) in [7, 11) is 1.66. The standard InChI is InChI=1S/C15H18N8O2/c1-10-8-21(15(25)11-7-12(24)19-20(11)2)5-6-23(10)13-14-18-17-9-22(14)4-3-16-13/h3-4,7,9-10H,5-6,8H2,1-2H3,(H,19,24). The number of hydrogen-bond acceptors (Lipinski definition) is 6. The van der Waals surface area contributed by atoms with Crippen LogP contribution in [0.3, 0.4) is 0 Å². The molecule has 10 nitrogen and oxygen atoms in total. The van der Waals surface area contributed by atoms with Gasteiger partial charge in [-0.25, -0.2) is 4.98 Å². The van der Waals surface area contributed by atoms with E-state index < -0.39 is 0 Å². The van der Waals surface area contributed by atoms with E-state index in [-0.39, 0.29) is 17.5 Å². The van der Waals surface area contributed by atoms with E-state index in [9.17, 15) is 9.59 Å². The molecule has 1 atom stereocenters. The van der Waals surface area contributed by atoms with Crippen molar-refractivity contribution in [3.63, 3.8) is 0 Å². The average Bonchev–Trinajstić information content (AvgIpc) is 3.20. The van der Waals surface area contributed by atoms with E-state index >= 15 is 0 Å². The van der Waals surface area contributed by atoms with Crippen molar-refractivity contribution in [3.05, 3.63) is 40.8 Å². The Bertz CT molecular complexity index is 987. The molecule has 0 radical (unpaired) electrons. The molecule has 0 aromatic carbocycles. The van der Waals surface area contributed by atoms with Crippen LogP contribution in [0.2, 0.25) is 0 Å². The first-order valence-electron chi connectivity index (χ1n) is 8.01. The Balaban J connectivity index is 1.56. The second-order valence-corrected chi connectivity index (χ2v) is 6.17. The van der Waals surface area contributed by atoms with Crippen LogP contribution in [0.1, 0.15) is 17.4 Å². The highest BCUT2D eigenvalue weighted by atomic mass is 16.2. The van der Waals surface area contributed by atoms with Crippen LogP contribution in [0.15, 0.2) is 29.6 Å². The number of piperazine rings is 1. The van der Waals surface area contributed by atoms with E-state index in [0.29, 0.717) is 31.0 Å². The number of H-pyrrole nitrogens is 1. The van der Waals surface area contributed by atoms with Crippen LogP contribution in [0.25, 0.3) is 5.65 Å². The Morgan fingerprint density at radius 3 is 2.92 bits per heavy atom. The number of anilines is 1. The molecule has 1 saturated heterocycles. The maximum atomic E-state index is 12.7. The van der Waals surface area contributed by atoms with Gasteiger partial charge in [0.2, 0.25) is 5.65 Å². The molecule has 0 saturated carbocycles. The molecule has 1 aliphatic heterocycles. The van der Waals surface area contributed by atoms with Gasteiger partial charge in [-0.15, -0.1) is 10.2 Å². The van der Waals surface area contributed by atoms with Crippen LogP contribution < -0.4 is 10.5 Å². The number of nitrogens with zero attached hydrogens (tertiary/aromatic N) is 7. The Kier molecular flexibility index (Phi) is 3.52. The quantitative estimate of drug-likeness (QED) is 0.673. The summed E-state index contributed by atoms with van der Waals surface area (Å²) < 4.78 is 3.28. The lowest BCUT2D eigenvalue weighted by atomic mass is 10.1. The van der Waals surface area contributed by atoms with Gasteiger partial charge in [0.1, 0.15) is 12.0 Å². The molecular weight excluding hydrogens is 324 g/mol. The molecule has 1 fully saturated rings. The van der Waals surface area contributed by atoms with Crippen LogP contribution in [-0.2, 0) is 7.05 Å². The number of carbonyl (C=O) groups excluding carboxylic acids is 1. The summed E-state index contributed by atoms with van der Waals surface area (Å²) in [5, 5.41) is 10.6. The van der Waals surface area contributed by atoms with Gasteiger partial charge >= 0.3 is 0 Å². The molecule has 0 bridgehead atoms. The third kappa shape index (κ3) is 2.55. The smallest absolute Gasteiger partial charge is 0.272 e. The number of amides is 1. The fourth-order valence-electron chi connectivity index (χ4n) is 3.25. The monoisotopic (exact) mass is 342 g/mol. The predicted octanol–water partition coefficient (Wildman–Crippen LogP) is -0.498. The maximum absolute atomic E-state index is 12.7. The Morgan fingerprint density at radius 1 is 1.36 bits per heavy atom. The lowest BCUT2D eigenvalue weighted by Gasteiger charge is -2.40. The highest BCUT2D eigenvalue weighted by Crippen LogP contribution is 2.22. The molecule has 1 amide bonds. The maximum Gasteiger partial charge on any atom is 0.272 e. The molecule has 4 heterocycles. The zero-order valence-electron chi connectivity index (χ0n) is 14.0. The van der Waals surface area contributed by atoms with Crippen molar-refractivity contribution in [2.75, 3.05) is 24.5 Å². The van der Waals surface area contributed by atoms with Crippen molar-refractivity contribution < 1.29 is 4.79 Å². The third-order valence-electron chi connectivity index (χ3n) is 4.51. The zero-order valence-corrected chi connectivity index (χ0v) is 14.0. The molecule has 3 aromatic heterocycles. The van der Waals surface area contributed by atoms with Crippen LogP contribution in [0.5, 0.6) is 0 Å². The van der Waals surface area contributed by atoms with E-state index in [1.54, 1.807) is 30.7 Å². The predicted molar refractivity (Wildman–Crippen MR) is 89.5 cm³/mol. The van der Waals surface area contributed by atoms with Gasteiger partial charge in [0.25, 0.3) is 11.5 Å². The Hall–Kier alpha value is -3.17. The molecule has 0 spiro atoms. The molecule has 1 unspecified atom stereocenters. The molecule has 1 N–H and O–H groups in total. The van der Waals surface area contributed by atoms with Gasteiger partial charge in [-0.2, -0.15) is 0 Å². The van der Waals surface area contributed by atoms with Gasteiger partial charge in [-0.3, -0.25) is 23.8 Å². The van der Waals surface area contributed by atoms with Crippen molar-refractivity contribution in [2.45, 2.75) is 13.0 Å². The fourth-order valence-corrected chi connectivity index (χ4v) is 3.25. The molecule has 1 aliphatic rings. The fraction of sp³-hybridized carbons (Fsp3) is 0.400. The summed E-state index contributed by atoms with van der Waals surface area (Å²) in [6.45, 7) is 3.75. The first kappa shape index (κ1) is 15.4. The number of aromatic nitrogens is 6. The van der Waals surface area contributed by atoms with Crippen LogP contribution >= 0.6 is 0 Å². The summed E-state index contributed by atoms with van der Waals surface area (Å²) in [4.78, 5) is 32.4. The topological polar surface area (TPSA) is 104 Å². The lowest BCUT2D eigenvalue weighted by Crippen LogP contribution is -2.54. The molecule has 10 heteroatoms. The van der Waals surface area contributed by atoms with Crippen molar-refractivity contribution in [3.8, 4) is 0 Å². The van der Waals surface area contributed by atoms with Gasteiger partial charge in [-0.1, -0.05) is 0 Å². The third-order valence-corrected chi connectivity index (χ3v) is 4.51. The Morgan fingerprint density at radius 2 is 2.20 bits per heavy atom. The number of fused-ring (bicyclic) bond motifs is 1. The lowest BCUT2D eigenvalue weighted by molar-refractivity contribution is 0.0715. The Labute approximate surface area is 142 Å². The van der Waals surface area contributed by atoms with Gasteiger partial charge in [0, 0.05) is 51.2 Å². The molecule has 0 aliphatic carbocycles. The number of nitrogens with one attached hydrogen (secondary N) is 1.